The Hall–Kier alpha value is -1.69. The molecule has 0 amide bonds. The van der Waals surface area contributed by atoms with Crippen LogP contribution >= 0.6 is 0 Å². The van der Waals surface area contributed by atoms with Gasteiger partial charge in [0, 0.05) is 31.3 Å². The molecule has 0 radical (unpaired) electrons. The van der Waals surface area contributed by atoms with E-state index in [1.807, 2.05) is 36.5 Å². The average Bonchev–Trinajstić information content (AvgIpc) is 3.43. The fourth-order valence-corrected chi connectivity index (χ4v) is 8.13. The number of rotatable bonds is 9. The molecule has 4 heterocycles. The average molecular weight is 508 g/mol. The Labute approximate surface area is 223 Å². The minimum absolute atomic E-state index is 0.148. The number of nitrogens with zero attached hydrogens (tertiary/aromatic N) is 2. The Morgan fingerprint density at radius 1 is 0.919 bits per heavy atom. The number of aliphatic hydroxyl groups is 1. The van der Waals surface area contributed by atoms with Gasteiger partial charge in [-0.3, -0.25) is 0 Å². The van der Waals surface area contributed by atoms with Gasteiger partial charge in [-0.2, -0.15) is 0 Å². The predicted octanol–water partition coefficient (Wildman–Crippen LogP) is 6.59. The number of fused-ring (bicyclic) bond motifs is 3. The summed E-state index contributed by atoms with van der Waals surface area (Å²) in [6.07, 6.45) is 18.7. The Morgan fingerprint density at radius 3 is 2.35 bits per heavy atom. The highest BCUT2D eigenvalue weighted by Gasteiger charge is 2.48. The highest BCUT2D eigenvalue weighted by molar-refractivity contribution is 5.30. The molecule has 2 aliphatic carbocycles. The van der Waals surface area contributed by atoms with E-state index in [1.54, 1.807) is 0 Å². The van der Waals surface area contributed by atoms with Crippen molar-refractivity contribution >= 4 is 0 Å². The zero-order valence-corrected chi connectivity index (χ0v) is 22.7. The van der Waals surface area contributed by atoms with Crippen LogP contribution in [0.2, 0.25) is 0 Å². The third-order valence-electron chi connectivity index (χ3n) is 10.4. The summed E-state index contributed by atoms with van der Waals surface area (Å²) in [5.74, 6) is 3.17. The molecule has 202 valence electrons. The van der Waals surface area contributed by atoms with Crippen molar-refractivity contribution in [2.45, 2.75) is 102 Å². The Kier molecular flexibility index (Phi) is 7.74. The van der Waals surface area contributed by atoms with E-state index < -0.39 is 5.60 Å². The largest absolute Gasteiger partial charge is 0.436 e. The van der Waals surface area contributed by atoms with Gasteiger partial charge in [0.25, 0.3) is 0 Å². The molecule has 2 aromatic rings. The molecule has 1 aromatic carbocycles. The number of oxazole rings is 1. The number of piperidine rings is 3. The zero-order valence-electron chi connectivity index (χ0n) is 22.7. The van der Waals surface area contributed by atoms with Crippen LogP contribution in [0.1, 0.15) is 101 Å². The van der Waals surface area contributed by atoms with Gasteiger partial charge < -0.3 is 18.7 Å². The normalized spacial score (nSPS) is 30.8. The first-order valence-electron chi connectivity index (χ1n) is 15.3. The molecule has 1 aromatic heterocycles. The van der Waals surface area contributed by atoms with E-state index in [1.165, 1.54) is 70.9 Å². The number of aromatic nitrogens is 1. The van der Waals surface area contributed by atoms with Crippen LogP contribution in [0.3, 0.4) is 0 Å². The molecule has 5 heteroatoms. The number of hydrogen-bond donors (Lipinski definition) is 1. The van der Waals surface area contributed by atoms with Gasteiger partial charge in [0.15, 0.2) is 11.4 Å². The number of benzene rings is 1. The highest BCUT2D eigenvalue weighted by Crippen LogP contribution is 2.44. The second-order valence-corrected chi connectivity index (χ2v) is 12.8. The molecular formula is C32H47N2O3+. The molecular weight excluding hydrogens is 460 g/mol. The van der Waals surface area contributed by atoms with Crippen LogP contribution in [0, 0.1) is 17.8 Å². The van der Waals surface area contributed by atoms with E-state index in [-0.39, 0.29) is 5.92 Å². The topological polar surface area (TPSA) is 55.5 Å². The molecule has 37 heavy (non-hydrogen) atoms. The van der Waals surface area contributed by atoms with Crippen molar-refractivity contribution < 1.29 is 18.7 Å². The highest BCUT2D eigenvalue weighted by atomic mass is 16.5. The lowest BCUT2D eigenvalue weighted by Gasteiger charge is -2.52. The van der Waals surface area contributed by atoms with E-state index in [9.17, 15) is 5.11 Å². The molecule has 7 rings (SSSR count). The summed E-state index contributed by atoms with van der Waals surface area (Å²) < 4.78 is 14.1. The van der Waals surface area contributed by atoms with Gasteiger partial charge in [0.05, 0.1) is 19.3 Å². The quantitative estimate of drug-likeness (QED) is 0.389. The van der Waals surface area contributed by atoms with E-state index >= 15 is 0 Å². The van der Waals surface area contributed by atoms with Crippen molar-refractivity contribution in [2.75, 3.05) is 26.2 Å². The van der Waals surface area contributed by atoms with Gasteiger partial charge in [0.2, 0.25) is 5.89 Å². The van der Waals surface area contributed by atoms with Crippen molar-refractivity contribution in [2.24, 2.45) is 17.8 Å². The summed E-state index contributed by atoms with van der Waals surface area (Å²) >= 11 is 0. The standard InChI is InChI=1S/C32H47N2O3/c35-32(27-12-6-2-7-13-27,28-14-8-3-9-15-28)31-33-22-29(37-31)23-34-19-16-26(17-20-34)30(24-34)36-21-18-25-10-4-1-5-11-25/h2,6-7,12-13,22,25-26,28,30,35H,1,3-5,8-11,14-21,23-24H2/q+1/t26?,30-,32-,34?/m0/s1. The third kappa shape index (κ3) is 5.42. The van der Waals surface area contributed by atoms with Gasteiger partial charge in [-0.25, -0.2) is 4.98 Å². The summed E-state index contributed by atoms with van der Waals surface area (Å²) in [5.41, 5.74) is -0.243. The van der Waals surface area contributed by atoms with E-state index in [0.717, 1.165) is 73.0 Å². The molecule has 3 aliphatic heterocycles. The van der Waals surface area contributed by atoms with Crippen LogP contribution in [-0.4, -0.2) is 46.9 Å². The minimum atomic E-state index is -1.15. The van der Waals surface area contributed by atoms with Crippen LogP contribution in [0.5, 0.6) is 0 Å². The number of quaternary nitrogens is 1. The first kappa shape index (κ1) is 25.6. The van der Waals surface area contributed by atoms with Gasteiger partial charge in [-0.1, -0.05) is 81.7 Å². The number of hydrogen-bond acceptors (Lipinski definition) is 4. The van der Waals surface area contributed by atoms with Crippen LogP contribution < -0.4 is 0 Å². The Bertz CT molecular complexity index is 986. The maximum Gasteiger partial charge on any atom is 0.231 e. The maximum absolute atomic E-state index is 12.2. The first-order valence-corrected chi connectivity index (χ1v) is 15.3. The molecule has 0 unspecified atom stereocenters. The zero-order chi connectivity index (χ0) is 25.1. The van der Waals surface area contributed by atoms with E-state index in [0.29, 0.717) is 12.0 Å². The maximum atomic E-state index is 12.2. The second-order valence-electron chi connectivity index (χ2n) is 12.8. The van der Waals surface area contributed by atoms with Crippen molar-refractivity contribution in [3.63, 3.8) is 0 Å². The summed E-state index contributed by atoms with van der Waals surface area (Å²) in [6, 6.07) is 10.1. The van der Waals surface area contributed by atoms with Crippen molar-refractivity contribution in [3.05, 3.63) is 53.7 Å². The van der Waals surface area contributed by atoms with Gasteiger partial charge >= 0.3 is 0 Å². The minimum Gasteiger partial charge on any atom is -0.436 e. The molecule has 2 saturated carbocycles. The van der Waals surface area contributed by atoms with Crippen molar-refractivity contribution in [3.8, 4) is 0 Å². The summed E-state index contributed by atoms with van der Waals surface area (Å²) in [7, 11) is 0. The summed E-state index contributed by atoms with van der Waals surface area (Å²) in [5, 5.41) is 12.2. The molecule has 2 atom stereocenters. The molecule has 3 saturated heterocycles. The fraction of sp³-hybridized carbons (Fsp3) is 0.719. The van der Waals surface area contributed by atoms with Gasteiger partial charge in [-0.05, 0) is 30.7 Å². The molecule has 5 nitrogen and oxygen atoms in total. The molecule has 2 bridgehead atoms. The number of ether oxygens (including phenoxy) is 1. The summed E-state index contributed by atoms with van der Waals surface area (Å²) in [4.78, 5) is 4.75. The lowest BCUT2D eigenvalue weighted by atomic mass is 9.73. The van der Waals surface area contributed by atoms with Crippen LogP contribution in [-0.2, 0) is 16.9 Å². The van der Waals surface area contributed by atoms with Gasteiger partial charge in [-0.15, -0.1) is 0 Å². The van der Waals surface area contributed by atoms with Crippen molar-refractivity contribution in [1.82, 2.24) is 4.98 Å². The smallest absolute Gasteiger partial charge is 0.231 e. The molecule has 5 fully saturated rings. The monoisotopic (exact) mass is 507 g/mol. The van der Waals surface area contributed by atoms with Crippen LogP contribution in [0.25, 0.3) is 0 Å². The first-order chi connectivity index (χ1) is 18.1. The SMILES string of the molecule is O[C@](c1ccccc1)(c1ncc(C[N+]23CCC(CC2)[C@@H](OCCC2CCCCC2)C3)o1)C1CCCCC1. The molecule has 1 N–H and O–H groups in total. The van der Waals surface area contributed by atoms with E-state index in [2.05, 4.69) is 0 Å². The fourth-order valence-electron chi connectivity index (χ4n) is 8.13. The lowest BCUT2D eigenvalue weighted by molar-refractivity contribution is -0.959. The molecule has 5 aliphatic rings. The van der Waals surface area contributed by atoms with Crippen molar-refractivity contribution in [1.29, 1.82) is 0 Å². The predicted molar refractivity (Wildman–Crippen MR) is 145 cm³/mol. The lowest BCUT2D eigenvalue weighted by Crippen LogP contribution is -2.63. The van der Waals surface area contributed by atoms with Crippen LogP contribution in [0.15, 0.2) is 40.9 Å². The van der Waals surface area contributed by atoms with Gasteiger partial charge in [0.1, 0.15) is 19.2 Å². The Morgan fingerprint density at radius 2 is 1.62 bits per heavy atom. The van der Waals surface area contributed by atoms with E-state index in [4.69, 9.17) is 14.1 Å². The molecule has 0 spiro atoms. The second kappa shape index (κ2) is 11.2. The Balaban J connectivity index is 1.14. The summed E-state index contributed by atoms with van der Waals surface area (Å²) in [6.45, 7) is 5.29. The third-order valence-corrected chi connectivity index (χ3v) is 10.4. The van der Waals surface area contributed by atoms with Crippen LogP contribution in [0.4, 0.5) is 0 Å².